The minimum Gasteiger partial charge on any atom is -0.481 e. The normalized spacial score (nSPS) is 18.3. The van der Waals surface area contributed by atoms with Crippen LogP contribution in [0, 0.1) is 5.92 Å². The van der Waals surface area contributed by atoms with Gasteiger partial charge in [0, 0.05) is 44.4 Å². The molecule has 4 rings (SSSR count). The fraction of sp³-hybridized carbons (Fsp3) is 0.379. The molecule has 1 saturated heterocycles. The van der Waals surface area contributed by atoms with Crippen LogP contribution in [0.3, 0.4) is 0 Å². The van der Waals surface area contributed by atoms with Crippen LogP contribution >= 0.6 is 12.4 Å². The minimum atomic E-state index is -0.802. The zero-order chi connectivity index (χ0) is 23.9. The molecule has 1 aliphatic heterocycles. The maximum Gasteiger partial charge on any atom is 0.303 e. The first-order chi connectivity index (χ1) is 16.5. The third-order valence-corrected chi connectivity index (χ3v) is 7.03. The summed E-state index contributed by atoms with van der Waals surface area (Å²) in [7, 11) is 0. The van der Waals surface area contributed by atoms with Crippen molar-refractivity contribution >= 4 is 35.1 Å². The number of carbonyl (C=O) groups excluding carboxylic acids is 1. The molecule has 6 heteroatoms. The molecule has 35 heavy (non-hydrogen) atoms. The van der Waals surface area contributed by atoms with E-state index in [-0.39, 0.29) is 36.7 Å². The van der Waals surface area contributed by atoms with E-state index in [1.54, 1.807) is 0 Å². The van der Waals surface area contributed by atoms with Crippen LogP contribution in [0.4, 0.5) is 0 Å². The van der Waals surface area contributed by atoms with E-state index in [1.807, 2.05) is 11.0 Å². The predicted molar refractivity (Wildman–Crippen MR) is 143 cm³/mol. The van der Waals surface area contributed by atoms with Gasteiger partial charge < -0.3 is 15.3 Å². The fourth-order valence-electron chi connectivity index (χ4n) is 5.14. The summed E-state index contributed by atoms with van der Waals surface area (Å²) in [5.41, 5.74) is 2.56. The van der Waals surface area contributed by atoms with Crippen molar-refractivity contribution < 1.29 is 14.7 Å². The number of halogens is 1. The molecule has 0 saturated carbocycles. The van der Waals surface area contributed by atoms with Gasteiger partial charge in [0.1, 0.15) is 0 Å². The van der Waals surface area contributed by atoms with Crippen molar-refractivity contribution in [1.82, 2.24) is 10.2 Å². The summed E-state index contributed by atoms with van der Waals surface area (Å²) < 4.78 is 0. The lowest BCUT2D eigenvalue weighted by atomic mass is 9.88. The highest BCUT2D eigenvalue weighted by Crippen LogP contribution is 2.33. The van der Waals surface area contributed by atoms with Crippen LogP contribution in [0.15, 0.2) is 72.8 Å². The molecule has 0 unspecified atom stereocenters. The van der Waals surface area contributed by atoms with Gasteiger partial charge in [0.15, 0.2) is 0 Å². The lowest BCUT2D eigenvalue weighted by Gasteiger charge is -2.23. The SMILES string of the molecule is C[C@@H](NC[C@H]1CN(C(=O)CCCCC(=O)O)C[C@@H]1c1ccccc1)c1cccc2ccccc12.Cl. The number of carbonyl (C=O) groups is 2. The number of carboxylic acid groups (broad SMARTS) is 1. The molecular weight excluding hydrogens is 460 g/mol. The second-order valence-electron chi connectivity index (χ2n) is 9.38. The van der Waals surface area contributed by atoms with Crippen LogP contribution in [-0.4, -0.2) is 41.5 Å². The Bertz CT molecular complexity index is 1120. The lowest BCUT2D eigenvalue weighted by Crippen LogP contribution is -2.31. The van der Waals surface area contributed by atoms with Gasteiger partial charge in [0.2, 0.25) is 5.91 Å². The van der Waals surface area contributed by atoms with Gasteiger partial charge in [-0.3, -0.25) is 9.59 Å². The Morgan fingerprint density at radius 1 is 0.943 bits per heavy atom. The second-order valence-corrected chi connectivity index (χ2v) is 9.38. The molecule has 3 aromatic rings. The largest absolute Gasteiger partial charge is 0.481 e. The molecule has 1 fully saturated rings. The Kier molecular flexibility index (Phi) is 9.70. The third-order valence-electron chi connectivity index (χ3n) is 7.03. The van der Waals surface area contributed by atoms with Crippen LogP contribution in [-0.2, 0) is 9.59 Å². The zero-order valence-electron chi connectivity index (χ0n) is 20.2. The van der Waals surface area contributed by atoms with Crippen LogP contribution in [0.1, 0.15) is 55.7 Å². The number of amides is 1. The van der Waals surface area contributed by atoms with Crippen molar-refractivity contribution in [2.45, 2.75) is 44.6 Å². The number of rotatable bonds is 10. The van der Waals surface area contributed by atoms with Gasteiger partial charge in [-0.05, 0) is 47.6 Å². The Balaban J connectivity index is 0.00000342. The van der Waals surface area contributed by atoms with Gasteiger partial charge in [-0.2, -0.15) is 0 Å². The molecule has 1 amide bonds. The zero-order valence-corrected chi connectivity index (χ0v) is 21.0. The Morgan fingerprint density at radius 3 is 2.40 bits per heavy atom. The molecule has 0 aromatic heterocycles. The van der Waals surface area contributed by atoms with E-state index in [2.05, 4.69) is 79.0 Å². The molecule has 186 valence electrons. The highest BCUT2D eigenvalue weighted by atomic mass is 35.5. The molecule has 1 aliphatic rings. The van der Waals surface area contributed by atoms with Gasteiger partial charge in [0.05, 0.1) is 0 Å². The summed E-state index contributed by atoms with van der Waals surface area (Å²) >= 11 is 0. The summed E-state index contributed by atoms with van der Waals surface area (Å²) in [5.74, 6) is -0.0562. The number of hydrogen-bond acceptors (Lipinski definition) is 3. The van der Waals surface area contributed by atoms with Crippen LogP contribution in [0.5, 0.6) is 0 Å². The van der Waals surface area contributed by atoms with E-state index in [4.69, 9.17) is 5.11 Å². The number of benzene rings is 3. The number of likely N-dealkylation sites (tertiary alicyclic amines) is 1. The predicted octanol–water partition coefficient (Wildman–Crippen LogP) is 5.80. The van der Waals surface area contributed by atoms with E-state index in [9.17, 15) is 9.59 Å². The number of nitrogens with zero attached hydrogens (tertiary/aromatic N) is 1. The molecule has 2 N–H and O–H groups in total. The summed E-state index contributed by atoms with van der Waals surface area (Å²) in [4.78, 5) is 25.6. The van der Waals surface area contributed by atoms with Gasteiger partial charge in [0.25, 0.3) is 0 Å². The molecule has 0 radical (unpaired) electrons. The molecule has 1 heterocycles. The van der Waals surface area contributed by atoms with E-state index >= 15 is 0 Å². The van der Waals surface area contributed by atoms with Crippen molar-refractivity contribution in [3.05, 3.63) is 83.9 Å². The maximum atomic E-state index is 12.9. The summed E-state index contributed by atoms with van der Waals surface area (Å²) in [6, 6.07) is 25.6. The molecule has 5 nitrogen and oxygen atoms in total. The molecule has 0 bridgehead atoms. The van der Waals surface area contributed by atoms with Crippen molar-refractivity contribution in [3.63, 3.8) is 0 Å². The number of aliphatic carboxylic acids is 1. The van der Waals surface area contributed by atoms with Crippen LogP contribution in [0.25, 0.3) is 10.8 Å². The summed E-state index contributed by atoms with van der Waals surface area (Å²) in [5, 5.41) is 15.1. The lowest BCUT2D eigenvalue weighted by molar-refractivity contribution is -0.137. The van der Waals surface area contributed by atoms with Crippen molar-refractivity contribution in [1.29, 1.82) is 0 Å². The average molecular weight is 495 g/mol. The molecule has 0 spiro atoms. The number of hydrogen-bond donors (Lipinski definition) is 2. The van der Waals surface area contributed by atoms with Crippen molar-refractivity contribution in [2.75, 3.05) is 19.6 Å². The van der Waals surface area contributed by atoms with Gasteiger partial charge in [-0.1, -0.05) is 72.8 Å². The van der Waals surface area contributed by atoms with E-state index in [0.29, 0.717) is 25.2 Å². The maximum absolute atomic E-state index is 12.9. The first-order valence-electron chi connectivity index (χ1n) is 12.3. The van der Waals surface area contributed by atoms with E-state index < -0.39 is 5.97 Å². The molecule has 3 atom stereocenters. The minimum absolute atomic E-state index is 0. The quantitative estimate of drug-likeness (QED) is 0.349. The summed E-state index contributed by atoms with van der Waals surface area (Å²) in [6.07, 6.45) is 1.71. The van der Waals surface area contributed by atoms with Gasteiger partial charge in [-0.15, -0.1) is 12.4 Å². The number of nitrogens with one attached hydrogen (secondary N) is 1. The van der Waals surface area contributed by atoms with Gasteiger partial charge in [-0.25, -0.2) is 0 Å². The topological polar surface area (TPSA) is 69.6 Å². The number of unbranched alkanes of at least 4 members (excludes halogenated alkanes) is 1. The number of carboxylic acids is 1. The van der Waals surface area contributed by atoms with Crippen LogP contribution in [0.2, 0.25) is 0 Å². The highest BCUT2D eigenvalue weighted by molar-refractivity contribution is 5.86. The smallest absolute Gasteiger partial charge is 0.303 e. The van der Waals surface area contributed by atoms with E-state index in [1.165, 1.54) is 21.9 Å². The average Bonchev–Trinajstić information content (AvgIpc) is 3.29. The Labute approximate surface area is 213 Å². The third kappa shape index (κ3) is 6.83. The van der Waals surface area contributed by atoms with Crippen molar-refractivity contribution in [3.8, 4) is 0 Å². The molecule has 0 aliphatic carbocycles. The second kappa shape index (κ2) is 12.7. The standard InChI is InChI=1S/C29H34N2O3.ClH/c1-21(25-15-9-13-22-12-5-6-14-26(22)25)30-18-24-19-31(28(32)16-7-8-17-29(33)34)20-27(24)23-10-3-2-4-11-23;/h2-6,9-15,21,24,27,30H,7-8,16-20H2,1H3,(H,33,34);1H/t21-,24+,27-;/m1./s1. The first kappa shape index (κ1) is 26.7. The van der Waals surface area contributed by atoms with Gasteiger partial charge >= 0.3 is 5.97 Å². The molecular formula is C29H35ClN2O3. The monoisotopic (exact) mass is 494 g/mol. The number of fused-ring (bicyclic) bond motifs is 1. The Hall–Kier alpha value is -2.89. The molecule has 3 aromatic carbocycles. The van der Waals surface area contributed by atoms with E-state index in [0.717, 1.165) is 19.6 Å². The fourth-order valence-corrected chi connectivity index (χ4v) is 5.14. The first-order valence-corrected chi connectivity index (χ1v) is 12.3. The summed E-state index contributed by atoms with van der Waals surface area (Å²) in [6.45, 7) is 4.48. The Morgan fingerprint density at radius 2 is 1.63 bits per heavy atom. The van der Waals surface area contributed by atoms with Crippen molar-refractivity contribution in [2.24, 2.45) is 5.92 Å². The highest BCUT2D eigenvalue weighted by Gasteiger charge is 2.35. The van der Waals surface area contributed by atoms with Crippen LogP contribution < -0.4 is 5.32 Å².